The molecule has 2 rings (SSSR count). The Labute approximate surface area is 96.1 Å². The Morgan fingerprint density at radius 1 is 1.12 bits per heavy atom. The van der Waals surface area contributed by atoms with Gasteiger partial charge >= 0.3 is 0 Å². The molecule has 16 heavy (non-hydrogen) atoms. The van der Waals surface area contributed by atoms with Crippen molar-refractivity contribution in [3.63, 3.8) is 0 Å². The first-order valence-corrected chi connectivity index (χ1v) is 5.59. The van der Waals surface area contributed by atoms with Gasteiger partial charge in [0.2, 0.25) is 0 Å². The second kappa shape index (κ2) is 4.90. The predicted octanol–water partition coefficient (Wildman–Crippen LogP) is 2.77. The lowest BCUT2D eigenvalue weighted by Gasteiger charge is -2.04. The van der Waals surface area contributed by atoms with Gasteiger partial charge in [-0.25, -0.2) is 0 Å². The van der Waals surface area contributed by atoms with E-state index in [0.29, 0.717) is 6.54 Å². The molecule has 0 radical (unpaired) electrons. The van der Waals surface area contributed by atoms with Crippen LogP contribution in [0.15, 0.2) is 42.5 Å². The highest BCUT2D eigenvalue weighted by Crippen LogP contribution is 2.18. The van der Waals surface area contributed by atoms with E-state index < -0.39 is 0 Å². The topological polar surface area (TPSA) is 38.9 Å². The number of hydrogen-bond acceptors (Lipinski definition) is 2. The molecule has 1 aromatic heterocycles. The maximum Gasteiger partial charge on any atom is 0.0705 e. The van der Waals surface area contributed by atoms with Crippen LogP contribution in [0.25, 0.3) is 11.3 Å². The summed E-state index contributed by atoms with van der Waals surface area (Å²) in [6, 6.07) is 14.5. The van der Waals surface area contributed by atoms with E-state index in [1.54, 1.807) is 0 Å². The highest BCUT2D eigenvalue weighted by atomic mass is 14.7. The van der Waals surface area contributed by atoms with Gasteiger partial charge in [-0.05, 0) is 30.2 Å². The Morgan fingerprint density at radius 3 is 2.69 bits per heavy atom. The monoisotopic (exact) mass is 212 g/mol. The average Bonchev–Trinajstić information content (AvgIpc) is 2.39. The van der Waals surface area contributed by atoms with Crippen LogP contribution in [0.5, 0.6) is 0 Å². The fourth-order valence-corrected chi connectivity index (χ4v) is 1.70. The van der Waals surface area contributed by atoms with Crippen molar-refractivity contribution < 1.29 is 0 Å². The van der Waals surface area contributed by atoms with Crippen molar-refractivity contribution in [2.24, 2.45) is 5.73 Å². The number of aryl methyl sites for hydroxylation is 1. The third kappa shape index (κ3) is 2.28. The van der Waals surface area contributed by atoms with Gasteiger partial charge in [-0.15, -0.1) is 0 Å². The van der Waals surface area contributed by atoms with Crippen molar-refractivity contribution in [3.05, 3.63) is 53.7 Å². The van der Waals surface area contributed by atoms with Crippen molar-refractivity contribution in [1.82, 2.24) is 4.98 Å². The highest BCUT2D eigenvalue weighted by Gasteiger charge is 2.00. The fraction of sp³-hybridized carbons (Fsp3) is 0.214. The van der Waals surface area contributed by atoms with E-state index >= 15 is 0 Å². The van der Waals surface area contributed by atoms with Crippen LogP contribution in [0.4, 0.5) is 0 Å². The quantitative estimate of drug-likeness (QED) is 0.849. The van der Waals surface area contributed by atoms with Crippen molar-refractivity contribution in [1.29, 1.82) is 0 Å². The van der Waals surface area contributed by atoms with Gasteiger partial charge in [0.25, 0.3) is 0 Å². The molecule has 0 bridgehead atoms. The Bertz CT molecular complexity index is 432. The molecule has 0 unspecified atom stereocenters. The minimum atomic E-state index is 0.487. The summed E-state index contributed by atoms with van der Waals surface area (Å²) in [7, 11) is 0. The second-order valence-electron chi connectivity index (χ2n) is 3.77. The normalized spacial score (nSPS) is 10.4. The zero-order chi connectivity index (χ0) is 11.4. The summed E-state index contributed by atoms with van der Waals surface area (Å²) < 4.78 is 0. The van der Waals surface area contributed by atoms with Crippen molar-refractivity contribution in [2.75, 3.05) is 0 Å². The smallest absolute Gasteiger partial charge is 0.0705 e. The van der Waals surface area contributed by atoms with Gasteiger partial charge in [-0.2, -0.15) is 0 Å². The third-order valence-corrected chi connectivity index (χ3v) is 2.65. The van der Waals surface area contributed by atoms with Gasteiger partial charge in [0, 0.05) is 12.1 Å². The van der Waals surface area contributed by atoms with Gasteiger partial charge in [0.05, 0.1) is 11.4 Å². The molecule has 0 saturated carbocycles. The highest BCUT2D eigenvalue weighted by molar-refractivity contribution is 5.60. The van der Waals surface area contributed by atoms with E-state index in [0.717, 1.165) is 23.4 Å². The first-order chi connectivity index (χ1) is 7.83. The number of nitrogens with two attached hydrogens (primary N) is 1. The van der Waals surface area contributed by atoms with Crippen molar-refractivity contribution >= 4 is 0 Å². The zero-order valence-electron chi connectivity index (χ0n) is 9.48. The van der Waals surface area contributed by atoms with Gasteiger partial charge in [-0.1, -0.05) is 31.2 Å². The molecule has 2 nitrogen and oxygen atoms in total. The Hall–Kier alpha value is -1.67. The molecule has 0 fully saturated rings. The molecule has 0 saturated heterocycles. The van der Waals surface area contributed by atoms with Gasteiger partial charge in [-0.3, -0.25) is 4.98 Å². The van der Waals surface area contributed by atoms with E-state index in [4.69, 9.17) is 5.73 Å². The molecule has 2 N–H and O–H groups in total. The summed E-state index contributed by atoms with van der Waals surface area (Å²) in [5, 5.41) is 0. The third-order valence-electron chi connectivity index (χ3n) is 2.65. The van der Waals surface area contributed by atoms with E-state index in [1.807, 2.05) is 18.2 Å². The molecule has 0 amide bonds. The van der Waals surface area contributed by atoms with Crippen LogP contribution in [-0.4, -0.2) is 4.98 Å². The molecule has 2 aromatic rings. The standard InChI is InChI=1S/C14H16N2/c1-2-11-5-3-6-12(9-11)14-8-4-7-13(10-15)16-14/h3-9H,2,10,15H2,1H3. The summed E-state index contributed by atoms with van der Waals surface area (Å²) in [4.78, 5) is 4.51. The molecule has 0 spiro atoms. The predicted molar refractivity (Wildman–Crippen MR) is 66.9 cm³/mol. The molecule has 0 atom stereocenters. The average molecular weight is 212 g/mol. The SMILES string of the molecule is CCc1cccc(-c2cccc(CN)n2)c1. The van der Waals surface area contributed by atoms with Gasteiger partial charge < -0.3 is 5.73 Å². The zero-order valence-corrected chi connectivity index (χ0v) is 9.48. The second-order valence-corrected chi connectivity index (χ2v) is 3.77. The lowest BCUT2D eigenvalue weighted by atomic mass is 10.1. The Kier molecular flexibility index (Phi) is 3.32. The molecular weight excluding hydrogens is 196 g/mol. The minimum Gasteiger partial charge on any atom is -0.325 e. The summed E-state index contributed by atoms with van der Waals surface area (Å²) >= 11 is 0. The molecule has 0 aliphatic heterocycles. The summed E-state index contributed by atoms with van der Waals surface area (Å²) in [6.45, 7) is 2.64. The first kappa shape index (κ1) is 10.8. The molecule has 82 valence electrons. The summed E-state index contributed by atoms with van der Waals surface area (Å²) in [5.74, 6) is 0. The van der Waals surface area contributed by atoms with Crippen LogP contribution in [0, 0.1) is 0 Å². The largest absolute Gasteiger partial charge is 0.325 e. The minimum absolute atomic E-state index is 0.487. The number of rotatable bonds is 3. The maximum atomic E-state index is 5.59. The van der Waals surface area contributed by atoms with Gasteiger partial charge in [0.1, 0.15) is 0 Å². The lowest BCUT2D eigenvalue weighted by molar-refractivity contribution is 0.993. The summed E-state index contributed by atoms with van der Waals surface area (Å²) in [6.07, 6.45) is 1.05. The number of hydrogen-bond donors (Lipinski definition) is 1. The van der Waals surface area contributed by atoms with Crippen LogP contribution in [-0.2, 0) is 13.0 Å². The van der Waals surface area contributed by atoms with Crippen LogP contribution in [0.2, 0.25) is 0 Å². The van der Waals surface area contributed by atoms with E-state index in [9.17, 15) is 0 Å². The fourth-order valence-electron chi connectivity index (χ4n) is 1.70. The molecule has 1 heterocycles. The van der Waals surface area contributed by atoms with Crippen molar-refractivity contribution in [3.8, 4) is 11.3 Å². The number of aromatic nitrogens is 1. The van der Waals surface area contributed by atoms with Crippen LogP contribution in [0.1, 0.15) is 18.2 Å². The van der Waals surface area contributed by atoms with Crippen LogP contribution < -0.4 is 5.73 Å². The van der Waals surface area contributed by atoms with Crippen LogP contribution in [0.3, 0.4) is 0 Å². The Balaban J connectivity index is 2.41. The first-order valence-electron chi connectivity index (χ1n) is 5.59. The Morgan fingerprint density at radius 2 is 1.94 bits per heavy atom. The number of nitrogens with zero attached hydrogens (tertiary/aromatic N) is 1. The van der Waals surface area contributed by atoms with E-state index in [1.165, 1.54) is 5.56 Å². The van der Waals surface area contributed by atoms with Gasteiger partial charge in [0.15, 0.2) is 0 Å². The lowest BCUT2D eigenvalue weighted by Crippen LogP contribution is -1.99. The van der Waals surface area contributed by atoms with Crippen molar-refractivity contribution in [2.45, 2.75) is 19.9 Å². The molecule has 0 aliphatic carbocycles. The molecule has 0 aliphatic rings. The van der Waals surface area contributed by atoms with E-state index in [-0.39, 0.29) is 0 Å². The maximum absolute atomic E-state index is 5.59. The molecular formula is C14H16N2. The molecule has 2 heteroatoms. The van der Waals surface area contributed by atoms with E-state index in [2.05, 4.69) is 36.2 Å². The number of benzene rings is 1. The summed E-state index contributed by atoms with van der Waals surface area (Å²) in [5.41, 5.74) is 10.0. The van der Waals surface area contributed by atoms with Crippen LogP contribution >= 0.6 is 0 Å². The molecule has 1 aromatic carbocycles. The number of pyridine rings is 1.